The van der Waals surface area contributed by atoms with Crippen molar-refractivity contribution in [2.24, 2.45) is 0 Å². The molecule has 1 aliphatic carbocycles. The fourth-order valence-corrected chi connectivity index (χ4v) is 5.28. The molecule has 1 aliphatic heterocycles. The van der Waals surface area contributed by atoms with Gasteiger partial charge in [0, 0.05) is 75.4 Å². The van der Waals surface area contributed by atoms with Gasteiger partial charge in [-0.1, -0.05) is 43.6 Å². The van der Waals surface area contributed by atoms with Crippen LogP contribution in [0.15, 0.2) is 42.5 Å². The highest BCUT2D eigenvalue weighted by atomic mass is 35.5. The molecular weight excluding hydrogens is 423 g/mol. The Hall–Kier alpha value is -1.50. The van der Waals surface area contributed by atoms with Gasteiger partial charge in [-0.05, 0) is 47.4 Å². The second kappa shape index (κ2) is 11.1. The molecule has 0 bridgehead atoms. The van der Waals surface area contributed by atoms with Crippen molar-refractivity contribution in [2.75, 3.05) is 52.4 Å². The number of benzene rings is 2. The van der Waals surface area contributed by atoms with Crippen LogP contribution < -0.4 is 10.6 Å². The number of rotatable bonds is 9. The van der Waals surface area contributed by atoms with Crippen molar-refractivity contribution in [1.29, 1.82) is 0 Å². The van der Waals surface area contributed by atoms with Crippen LogP contribution in [0.3, 0.4) is 0 Å². The van der Waals surface area contributed by atoms with Gasteiger partial charge in [-0.25, -0.2) is 4.39 Å². The standard InChI is InChI=1S/C26H36ClFN4/c1-19(2)30-10-9-29-11-12-31-13-15-32(16-14-31)26-18-24(20-3-6-22(28)7-4-20)25-17-21(27)5-8-23(25)26/h3-8,17,19,24,26,29-30H,9-16,18H2,1-2H3/t24-,26+/m1/s1. The van der Waals surface area contributed by atoms with Crippen LogP contribution in [0.25, 0.3) is 0 Å². The summed E-state index contributed by atoms with van der Waals surface area (Å²) < 4.78 is 13.5. The maximum absolute atomic E-state index is 13.5. The van der Waals surface area contributed by atoms with Crippen LogP contribution >= 0.6 is 11.6 Å². The van der Waals surface area contributed by atoms with E-state index in [0.29, 0.717) is 12.1 Å². The molecule has 0 spiro atoms. The Labute approximate surface area is 197 Å². The first kappa shape index (κ1) is 23.7. The lowest BCUT2D eigenvalue weighted by molar-refractivity contribution is 0.0954. The van der Waals surface area contributed by atoms with Gasteiger partial charge in [0.2, 0.25) is 0 Å². The molecule has 4 nitrogen and oxygen atoms in total. The van der Waals surface area contributed by atoms with Crippen molar-refractivity contribution >= 4 is 11.6 Å². The van der Waals surface area contributed by atoms with E-state index in [9.17, 15) is 4.39 Å². The van der Waals surface area contributed by atoms with Crippen LogP contribution in [0.4, 0.5) is 4.39 Å². The highest BCUT2D eigenvalue weighted by molar-refractivity contribution is 6.30. The molecule has 174 valence electrons. The molecule has 4 rings (SSSR count). The molecule has 1 heterocycles. The van der Waals surface area contributed by atoms with Gasteiger partial charge in [-0.2, -0.15) is 0 Å². The molecule has 0 unspecified atom stereocenters. The average Bonchev–Trinajstić information content (AvgIpc) is 3.15. The lowest BCUT2D eigenvalue weighted by Gasteiger charge is -2.38. The Kier molecular flexibility index (Phi) is 8.19. The van der Waals surface area contributed by atoms with Crippen LogP contribution in [0.5, 0.6) is 0 Å². The van der Waals surface area contributed by atoms with Crippen LogP contribution in [0.2, 0.25) is 5.02 Å². The molecule has 0 saturated carbocycles. The molecule has 0 amide bonds. The van der Waals surface area contributed by atoms with E-state index in [0.717, 1.165) is 63.8 Å². The number of hydrogen-bond acceptors (Lipinski definition) is 4. The molecule has 1 saturated heterocycles. The maximum Gasteiger partial charge on any atom is 0.123 e. The largest absolute Gasteiger partial charge is 0.314 e. The van der Waals surface area contributed by atoms with Crippen molar-refractivity contribution in [3.63, 3.8) is 0 Å². The molecule has 6 heteroatoms. The van der Waals surface area contributed by atoms with E-state index in [-0.39, 0.29) is 11.7 Å². The third kappa shape index (κ3) is 5.89. The van der Waals surface area contributed by atoms with Gasteiger partial charge in [-0.3, -0.25) is 9.80 Å². The molecule has 1 fully saturated rings. The number of hydrogen-bond donors (Lipinski definition) is 2. The quantitative estimate of drug-likeness (QED) is 0.549. The van der Waals surface area contributed by atoms with Crippen LogP contribution in [0.1, 0.15) is 48.9 Å². The second-order valence-electron chi connectivity index (χ2n) is 9.37. The number of nitrogens with zero attached hydrogens (tertiary/aromatic N) is 2. The first-order valence-corrected chi connectivity index (χ1v) is 12.3. The third-order valence-corrected chi connectivity index (χ3v) is 7.06. The molecular formula is C26H36ClFN4. The summed E-state index contributed by atoms with van der Waals surface area (Å²) in [6.45, 7) is 12.9. The van der Waals surface area contributed by atoms with E-state index in [1.54, 1.807) is 12.1 Å². The minimum absolute atomic E-state index is 0.184. The van der Waals surface area contributed by atoms with Crippen LogP contribution in [0, 0.1) is 5.82 Å². The SMILES string of the molecule is CC(C)NCCNCCN1CCN([C@H]2C[C@H](c3ccc(F)cc3)c3cc(Cl)ccc32)CC1. The van der Waals surface area contributed by atoms with E-state index in [1.165, 1.54) is 16.7 Å². The minimum Gasteiger partial charge on any atom is -0.314 e. The Morgan fingerprint density at radius 3 is 2.44 bits per heavy atom. The summed E-state index contributed by atoms with van der Waals surface area (Å²) in [4.78, 5) is 5.20. The van der Waals surface area contributed by atoms with Gasteiger partial charge in [-0.15, -0.1) is 0 Å². The molecule has 2 atom stereocenters. The number of piperazine rings is 1. The molecule has 2 N–H and O–H groups in total. The van der Waals surface area contributed by atoms with E-state index in [1.807, 2.05) is 18.2 Å². The monoisotopic (exact) mass is 458 g/mol. The lowest BCUT2D eigenvalue weighted by atomic mass is 9.93. The molecule has 2 aliphatic rings. The zero-order valence-corrected chi connectivity index (χ0v) is 20.0. The Bertz CT molecular complexity index is 865. The van der Waals surface area contributed by atoms with E-state index < -0.39 is 0 Å². The molecule has 2 aromatic carbocycles. The van der Waals surface area contributed by atoms with Gasteiger partial charge in [0.1, 0.15) is 5.82 Å². The summed E-state index contributed by atoms with van der Waals surface area (Å²) in [6, 6.07) is 14.3. The first-order valence-electron chi connectivity index (χ1n) is 12.0. The second-order valence-corrected chi connectivity index (χ2v) is 9.80. The summed E-state index contributed by atoms with van der Waals surface area (Å²) in [5.41, 5.74) is 3.86. The van der Waals surface area contributed by atoms with Gasteiger partial charge >= 0.3 is 0 Å². The first-order chi connectivity index (χ1) is 15.5. The van der Waals surface area contributed by atoms with Crippen molar-refractivity contribution < 1.29 is 4.39 Å². The number of fused-ring (bicyclic) bond motifs is 1. The Morgan fingerprint density at radius 1 is 0.969 bits per heavy atom. The van der Waals surface area contributed by atoms with Crippen molar-refractivity contribution in [3.8, 4) is 0 Å². The fourth-order valence-electron chi connectivity index (χ4n) is 5.09. The molecule has 0 radical (unpaired) electrons. The Balaban J connectivity index is 1.32. The number of halogens is 2. The summed E-state index contributed by atoms with van der Waals surface area (Å²) in [6.07, 6.45) is 1.03. The predicted molar refractivity (Wildman–Crippen MR) is 131 cm³/mol. The third-order valence-electron chi connectivity index (χ3n) is 6.82. The Morgan fingerprint density at radius 2 is 1.72 bits per heavy atom. The predicted octanol–water partition coefficient (Wildman–Crippen LogP) is 4.26. The van der Waals surface area contributed by atoms with Crippen molar-refractivity contribution in [1.82, 2.24) is 20.4 Å². The van der Waals surface area contributed by atoms with Crippen molar-refractivity contribution in [3.05, 3.63) is 70.0 Å². The lowest BCUT2D eigenvalue weighted by Crippen LogP contribution is -2.49. The molecule has 0 aromatic heterocycles. The summed E-state index contributed by atoms with van der Waals surface area (Å²) in [5, 5.41) is 7.76. The molecule has 32 heavy (non-hydrogen) atoms. The van der Waals surface area contributed by atoms with E-state index in [2.05, 4.69) is 46.4 Å². The average molecular weight is 459 g/mol. The highest BCUT2D eigenvalue weighted by Gasteiger charge is 2.36. The minimum atomic E-state index is -0.184. The van der Waals surface area contributed by atoms with E-state index >= 15 is 0 Å². The maximum atomic E-state index is 13.5. The molecule has 2 aromatic rings. The van der Waals surface area contributed by atoms with Crippen LogP contribution in [-0.2, 0) is 0 Å². The van der Waals surface area contributed by atoms with Gasteiger partial charge in [0.15, 0.2) is 0 Å². The zero-order valence-electron chi connectivity index (χ0n) is 19.3. The zero-order chi connectivity index (χ0) is 22.5. The summed E-state index contributed by atoms with van der Waals surface area (Å²) >= 11 is 6.36. The topological polar surface area (TPSA) is 30.5 Å². The van der Waals surface area contributed by atoms with Gasteiger partial charge < -0.3 is 10.6 Å². The summed E-state index contributed by atoms with van der Waals surface area (Å²) in [7, 11) is 0. The van der Waals surface area contributed by atoms with Crippen LogP contribution in [-0.4, -0.2) is 68.2 Å². The van der Waals surface area contributed by atoms with Crippen molar-refractivity contribution in [2.45, 2.75) is 38.3 Å². The highest BCUT2D eigenvalue weighted by Crippen LogP contribution is 2.47. The summed E-state index contributed by atoms with van der Waals surface area (Å²) in [5.74, 6) is 0.0902. The smallest absolute Gasteiger partial charge is 0.123 e. The van der Waals surface area contributed by atoms with E-state index in [4.69, 9.17) is 11.6 Å². The van der Waals surface area contributed by atoms with Gasteiger partial charge in [0.05, 0.1) is 0 Å². The van der Waals surface area contributed by atoms with Gasteiger partial charge in [0.25, 0.3) is 0 Å². The normalized spacial score (nSPS) is 21.9. The number of nitrogens with one attached hydrogen (secondary N) is 2. The fraction of sp³-hybridized carbons (Fsp3) is 0.538.